The van der Waals surface area contributed by atoms with Gasteiger partial charge < -0.3 is 0 Å². The smallest absolute Gasteiger partial charge is 0.207 e. The molecule has 3 aromatic carbocycles. The van der Waals surface area contributed by atoms with Gasteiger partial charge in [0.2, 0.25) is 10.0 Å². The molecular weight excluding hydrogens is 434 g/mol. The molecule has 140 valence electrons. The van der Waals surface area contributed by atoms with Crippen molar-refractivity contribution < 1.29 is 8.42 Å². The molecule has 0 fully saturated rings. The standard InChI is InChI=1S/C23H18BrNO2S/c24-21-13-14-22(18-10-4-3-9-17(18)21)28(26,27)25-23-19-11-5-1-7-15(19)16-8-2-6-12-20(16)23/h1-15,19,23,25H/t15-,19+,23+/m1/s1. The van der Waals surface area contributed by atoms with E-state index in [2.05, 4.69) is 38.9 Å². The van der Waals surface area contributed by atoms with Crippen LogP contribution in [-0.4, -0.2) is 8.42 Å². The molecule has 0 unspecified atom stereocenters. The summed E-state index contributed by atoms with van der Waals surface area (Å²) in [5.74, 6) is 0.287. The van der Waals surface area contributed by atoms with E-state index in [1.54, 1.807) is 12.1 Å². The Kier molecular flexibility index (Phi) is 4.27. The first-order valence-electron chi connectivity index (χ1n) is 9.20. The first-order chi connectivity index (χ1) is 13.6. The molecule has 2 aliphatic carbocycles. The molecule has 1 N–H and O–H groups in total. The first-order valence-corrected chi connectivity index (χ1v) is 11.5. The normalized spacial score (nSPS) is 23.0. The molecule has 0 radical (unpaired) electrons. The summed E-state index contributed by atoms with van der Waals surface area (Å²) in [6.07, 6.45) is 8.31. The second kappa shape index (κ2) is 6.69. The predicted molar refractivity (Wildman–Crippen MR) is 116 cm³/mol. The molecule has 3 aromatic rings. The SMILES string of the molecule is O=S(=O)(N[C@@H]1c2ccccc2[C@H]2C=CC=C[C@@H]21)c1ccc(Br)c2ccccc12. The van der Waals surface area contributed by atoms with Gasteiger partial charge >= 0.3 is 0 Å². The van der Waals surface area contributed by atoms with E-state index in [0.717, 1.165) is 15.4 Å². The van der Waals surface area contributed by atoms with E-state index in [0.29, 0.717) is 10.3 Å². The molecule has 0 spiro atoms. The molecular formula is C23H18BrNO2S. The summed E-state index contributed by atoms with van der Waals surface area (Å²) in [4.78, 5) is 0.308. The van der Waals surface area contributed by atoms with Gasteiger partial charge in [-0.3, -0.25) is 0 Å². The van der Waals surface area contributed by atoms with Crippen LogP contribution < -0.4 is 4.72 Å². The summed E-state index contributed by atoms with van der Waals surface area (Å²) < 4.78 is 30.8. The zero-order valence-electron chi connectivity index (χ0n) is 14.9. The largest absolute Gasteiger partial charge is 0.241 e. The summed E-state index contributed by atoms with van der Waals surface area (Å²) in [5.41, 5.74) is 2.25. The monoisotopic (exact) mass is 451 g/mol. The van der Waals surface area contributed by atoms with Crippen molar-refractivity contribution in [3.05, 3.63) is 101 Å². The Morgan fingerprint density at radius 2 is 1.46 bits per heavy atom. The number of allylic oxidation sites excluding steroid dienone is 3. The van der Waals surface area contributed by atoms with Crippen molar-refractivity contribution in [3.8, 4) is 0 Å². The van der Waals surface area contributed by atoms with Gasteiger partial charge in [0.15, 0.2) is 0 Å². The van der Waals surface area contributed by atoms with Crippen molar-refractivity contribution >= 4 is 36.7 Å². The van der Waals surface area contributed by atoms with Crippen LogP contribution in [0.5, 0.6) is 0 Å². The summed E-state index contributed by atoms with van der Waals surface area (Å²) in [7, 11) is -3.71. The van der Waals surface area contributed by atoms with Crippen LogP contribution in [-0.2, 0) is 10.0 Å². The maximum absolute atomic E-state index is 13.4. The Hall–Kier alpha value is -2.21. The fraction of sp³-hybridized carbons (Fsp3) is 0.130. The van der Waals surface area contributed by atoms with Crippen LogP contribution >= 0.6 is 15.9 Å². The molecule has 5 rings (SSSR count). The van der Waals surface area contributed by atoms with Crippen LogP contribution in [0.4, 0.5) is 0 Å². The van der Waals surface area contributed by atoms with Gasteiger partial charge in [-0.1, -0.05) is 88.8 Å². The number of hydrogen-bond acceptors (Lipinski definition) is 2. The molecule has 0 aliphatic heterocycles. The van der Waals surface area contributed by atoms with E-state index in [1.807, 2.05) is 54.6 Å². The van der Waals surface area contributed by atoms with Crippen molar-refractivity contribution in [2.24, 2.45) is 5.92 Å². The van der Waals surface area contributed by atoms with Crippen LogP contribution in [0.3, 0.4) is 0 Å². The maximum Gasteiger partial charge on any atom is 0.241 e. The molecule has 0 amide bonds. The highest BCUT2D eigenvalue weighted by molar-refractivity contribution is 9.10. The van der Waals surface area contributed by atoms with E-state index in [-0.39, 0.29) is 17.9 Å². The second-order valence-corrected chi connectivity index (χ2v) is 9.73. The van der Waals surface area contributed by atoms with E-state index in [4.69, 9.17) is 0 Å². The van der Waals surface area contributed by atoms with Gasteiger partial charge in [0, 0.05) is 21.7 Å². The Morgan fingerprint density at radius 1 is 0.786 bits per heavy atom. The van der Waals surface area contributed by atoms with Crippen LogP contribution in [0.2, 0.25) is 0 Å². The number of halogens is 1. The van der Waals surface area contributed by atoms with E-state index in [1.165, 1.54) is 5.56 Å². The third kappa shape index (κ3) is 2.77. The molecule has 5 heteroatoms. The molecule has 0 saturated carbocycles. The van der Waals surface area contributed by atoms with Crippen molar-refractivity contribution in [2.75, 3.05) is 0 Å². The van der Waals surface area contributed by atoms with Gasteiger partial charge in [-0.25, -0.2) is 13.1 Å². The predicted octanol–water partition coefficient (Wildman–Crippen LogP) is 5.46. The fourth-order valence-electron chi connectivity index (χ4n) is 4.40. The highest BCUT2D eigenvalue weighted by atomic mass is 79.9. The number of benzene rings is 3. The number of nitrogens with one attached hydrogen (secondary N) is 1. The highest BCUT2D eigenvalue weighted by Crippen LogP contribution is 2.48. The molecule has 0 saturated heterocycles. The van der Waals surface area contributed by atoms with Crippen molar-refractivity contribution in [2.45, 2.75) is 16.9 Å². The maximum atomic E-state index is 13.4. The lowest BCUT2D eigenvalue weighted by Gasteiger charge is -2.24. The quantitative estimate of drug-likeness (QED) is 0.574. The molecule has 0 aromatic heterocycles. The van der Waals surface area contributed by atoms with E-state index >= 15 is 0 Å². The molecule has 3 atom stereocenters. The number of sulfonamides is 1. The Labute approximate surface area is 173 Å². The molecule has 0 bridgehead atoms. The fourth-order valence-corrected chi connectivity index (χ4v) is 6.34. The molecule has 3 nitrogen and oxygen atoms in total. The average Bonchev–Trinajstić information content (AvgIpc) is 3.02. The topological polar surface area (TPSA) is 46.2 Å². The number of fused-ring (bicyclic) bond motifs is 4. The lowest BCUT2D eigenvalue weighted by atomic mass is 9.87. The van der Waals surface area contributed by atoms with Gasteiger partial charge in [-0.05, 0) is 28.6 Å². The number of hydrogen-bond donors (Lipinski definition) is 1. The first kappa shape index (κ1) is 17.9. The molecule has 0 heterocycles. The van der Waals surface area contributed by atoms with Gasteiger partial charge in [0.05, 0.1) is 10.9 Å². The molecule has 2 aliphatic rings. The van der Waals surface area contributed by atoms with Gasteiger partial charge in [-0.15, -0.1) is 0 Å². The van der Waals surface area contributed by atoms with Crippen molar-refractivity contribution in [1.29, 1.82) is 0 Å². The summed E-state index contributed by atoms with van der Waals surface area (Å²) >= 11 is 3.52. The summed E-state index contributed by atoms with van der Waals surface area (Å²) in [6, 6.07) is 18.8. The zero-order chi connectivity index (χ0) is 19.3. The van der Waals surface area contributed by atoms with Crippen LogP contribution in [0, 0.1) is 5.92 Å². The van der Waals surface area contributed by atoms with Crippen LogP contribution in [0.1, 0.15) is 23.1 Å². The lowest BCUT2D eigenvalue weighted by molar-refractivity contribution is 0.477. The van der Waals surface area contributed by atoms with Crippen LogP contribution in [0.15, 0.2) is 94.3 Å². The van der Waals surface area contributed by atoms with Gasteiger partial charge in [0.1, 0.15) is 0 Å². The van der Waals surface area contributed by atoms with Gasteiger partial charge in [0.25, 0.3) is 0 Å². The third-order valence-electron chi connectivity index (χ3n) is 5.66. The minimum atomic E-state index is -3.71. The van der Waals surface area contributed by atoms with Crippen LogP contribution in [0.25, 0.3) is 10.8 Å². The second-order valence-electron chi connectivity index (χ2n) is 7.19. The summed E-state index contributed by atoms with van der Waals surface area (Å²) in [5, 5.41) is 1.60. The van der Waals surface area contributed by atoms with Crippen molar-refractivity contribution in [1.82, 2.24) is 4.72 Å². The Balaban J connectivity index is 1.61. The summed E-state index contributed by atoms with van der Waals surface area (Å²) in [6.45, 7) is 0. The van der Waals surface area contributed by atoms with E-state index < -0.39 is 10.0 Å². The van der Waals surface area contributed by atoms with Crippen molar-refractivity contribution in [3.63, 3.8) is 0 Å². The lowest BCUT2D eigenvalue weighted by Crippen LogP contribution is -2.31. The third-order valence-corrected chi connectivity index (χ3v) is 7.85. The minimum Gasteiger partial charge on any atom is -0.207 e. The zero-order valence-corrected chi connectivity index (χ0v) is 17.3. The van der Waals surface area contributed by atoms with E-state index in [9.17, 15) is 8.42 Å². The highest BCUT2D eigenvalue weighted by Gasteiger charge is 2.40. The molecule has 28 heavy (non-hydrogen) atoms. The van der Waals surface area contributed by atoms with Gasteiger partial charge in [-0.2, -0.15) is 0 Å². The number of rotatable bonds is 3. The minimum absolute atomic E-state index is 0.0823. The Bertz CT molecular complexity index is 1250. The Morgan fingerprint density at radius 3 is 2.29 bits per heavy atom. The average molecular weight is 452 g/mol.